The smallest absolute Gasteiger partial charge is 0.237 e. The Kier molecular flexibility index (Phi) is 6.83. The molecule has 1 atom stereocenters. The van der Waals surface area contributed by atoms with Gasteiger partial charge in [0, 0.05) is 13.0 Å². The van der Waals surface area contributed by atoms with Gasteiger partial charge in [0.1, 0.15) is 11.4 Å². The summed E-state index contributed by atoms with van der Waals surface area (Å²) in [6.45, 7) is 5.48. The van der Waals surface area contributed by atoms with Gasteiger partial charge in [0.15, 0.2) is 6.79 Å². The molecule has 29 heavy (non-hydrogen) atoms. The number of ether oxygens (including phenoxy) is 2. The average molecular weight is 421 g/mol. The van der Waals surface area contributed by atoms with Crippen LogP contribution in [0.5, 0.6) is 0 Å². The predicted octanol–water partition coefficient (Wildman–Crippen LogP) is 3.57. The van der Waals surface area contributed by atoms with Crippen LogP contribution in [0.4, 0.5) is 0 Å². The summed E-state index contributed by atoms with van der Waals surface area (Å²) in [7, 11) is -3.62. The number of nitrogens with one attached hydrogen (secondary N) is 1. The summed E-state index contributed by atoms with van der Waals surface area (Å²) in [6, 6.07) is 9.49. The van der Waals surface area contributed by atoms with Crippen molar-refractivity contribution in [3.05, 3.63) is 58.7 Å². The molecule has 1 aliphatic heterocycles. The second-order valence-corrected chi connectivity index (χ2v) is 10.5. The molecule has 1 aromatic rings. The zero-order chi connectivity index (χ0) is 21.0. The summed E-state index contributed by atoms with van der Waals surface area (Å²) in [5.41, 5.74) is 5.80. The van der Waals surface area contributed by atoms with Gasteiger partial charge in [-0.1, -0.05) is 50.6 Å². The molecule has 0 aromatic heterocycles. The molecular formula is C22H32N2O4S. The number of sulfonamides is 1. The first-order chi connectivity index (χ1) is 13.8. The molecule has 3 N–H and O–H groups in total. The highest BCUT2D eigenvalue weighted by molar-refractivity contribution is 7.93. The van der Waals surface area contributed by atoms with E-state index in [0.29, 0.717) is 17.9 Å². The van der Waals surface area contributed by atoms with Crippen molar-refractivity contribution in [3.63, 3.8) is 0 Å². The van der Waals surface area contributed by atoms with E-state index in [1.165, 1.54) is 0 Å². The van der Waals surface area contributed by atoms with E-state index in [0.717, 1.165) is 30.6 Å². The lowest BCUT2D eigenvalue weighted by atomic mass is 9.74. The monoisotopic (exact) mass is 420 g/mol. The van der Waals surface area contributed by atoms with Crippen molar-refractivity contribution in [2.24, 2.45) is 11.1 Å². The average Bonchev–Trinajstić information content (AvgIpc) is 3.09. The molecule has 3 rings (SSSR count). The molecule has 1 aliphatic carbocycles. The van der Waals surface area contributed by atoms with Crippen LogP contribution < -0.4 is 10.5 Å². The minimum Gasteiger partial charge on any atom is -0.469 e. The highest BCUT2D eigenvalue weighted by atomic mass is 32.2. The maximum absolute atomic E-state index is 12.9. The molecule has 1 aromatic carbocycles. The van der Waals surface area contributed by atoms with Gasteiger partial charge in [-0.25, -0.2) is 13.1 Å². The third-order valence-electron chi connectivity index (χ3n) is 5.61. The van der Waals surface area contributed by atoms with Crippen LogP contribution in [-0.4, -0.2) is 27.4 Å². The lowest BCUT2D eigenvalue weighted by Gasteiger charge is -2.37. The normalized spacial score (nSPS) is 21.9. The molecule has 0 radical (unpaired) electrons. The van der Waals surface area contributed by atoms with E-state index in [1.54, 1.807) is 12.2 Å². The van der Waals surface area contributed by atoms with Gasteiger partial charge in [-0.2, -0.15) is 0 Å². The number of unbranched alkanes of at least 4 members (excludes halogenated alkanes) is 1. The van der Waals surface area contributed by atoms with E-state index in [9.17, 15) is 8.42 Å². The number of hydrogen-bond acceptors (Lipinski definition) is 5. The number of fused-ring (bicyclic) bond motifs is 1. The van der Waals surface area contributed by atoms with Gasteiger partial charge in [0.25, 0.3) is 0 Å². The first-order valence-corrected chi connectivity index (χ1v) is 11.7. The lowest BCUT2D eigenvalue weighted by molar-refractivity contribution is -0.0311. The van der Waals surface area contributed by atoms with Crippen molar-refractivity contribution in [1.29, 1.82) is 0 Å². The molecule has 6 nitrogen and oxygen atoms in total. The lowest BCUT2D eigenvalue weighted by Crippen LogP contribution is -2.40. The predicted molar refractivity (Wildman–Crippen MR) is 114 cm³/mol. The van der Waals surface area contributed by atoms with Crippen LogP contribution in [0.15, 0.2) is 53.1 Å². The van der Waals surface area contributed by atoms with Gasteiger partial charge >= 0.3 is 0 Å². The van der Waals surface area contributed by atoms with Crippen molar-refractivity contribution in [2.45, 2.75) is 58.1 Å². The summed E-state index contributed by atoms with van der Waals surface area (Å²) in [4.78, 5) is 0.334. The Balaban J connectivity index is 1.72. The Morgan fingerprint density at radius 1 is 1.17 bits per heavy atom. The van der Waals surface area contributed by atoms with E-state index in [2.05, 4.69) is 18.6 Å². The molecule has 1 heterocycles. The standard InChI is InChI=1S/C22H32N2O4S/c1-21(2,12-6-7-13-23)16-22-14-19(10-11-20(22)27-17-28-22)29(25,26)24-15-18-8-4-3-5-9-18/h3-5,8-11,24H,6-7,12-17,23H2,1-2H3. The highest BCUT2D eigenvalue weighted by Crippen LogP contribution is 2.47. The Morgan fingerprint density at radius 3 is 2.66 bits per heavy atom. The summed E-state index contributed by atoms with van der Waals surface area (Å²) in [6.07, 6.45) is 7.39. The van der Waals surface area contributed by atoms with E-state index < -0.39 is 15.6 Å². The molecule has 0 bridgehead atoms. The van der Waals surface area contributed by atoms with Crippen LogP contribution in [0.3, 0.4) is 0 Å². The minimum atomic E-state index is -3.62. The molecule has 7 heteroatoms. The molecule has 0 saturated carbocycles. The quantitative estimate of drug-likeness (QED) is 0.565. The number of nitrogens with two attached hydrogens (primary N) is 1. The van der Waals surface area contributed by atoms with Crippen LogP contribution in [-0.2, 0) is 26.0 Å². The fraction of sp³-hybridized carbons (Fsp3) is 0.545. The number of rotatable bonds is 10. The zero-order valence-electron chi connectivity index (χ0n) is 17.3. The maximum atomic E-state index is 12.9. The molecule has 0 spiro atoms. The molecule has 160 valence electrons. The maximum Gasteiger partial charge on any atom is 0.237 e. The van der Waals surface area contributed by atoms with Crippen LogP contribution >= 0.6 is 0 Å². The van der Waals surface area contributed by atoms with Gasteiger partial charge in [0.05, 0.1) is 4.91 Å². The Labute approximate surface area is 174 Å². The largest absolute Gasteiger partial charge is 0.469 e. The van der Waals surface area contributed by atoms with E-state index in [-0.39, 0.29) is 25.2 Å². The SMILES string of the molecule is CC(C)(CCCCN)CC12CC(S(=O)(=O)NCc3ccccc3)=CC=C1OCO2. The third kappa shape index (κ3) is 5.48. The summed E-state index contributed by atoms with van der Waals surface area (Å²) >= 11 is 0. The second-order valence-electron chi connectivity index (χ2n) is 8.64. The van der Waals surface area contributed by atoms with Crippen molar-refractivity contribution < 1.29 is 17.9 Å². The fourth-order valence-electron chi connectivity index (χ4n) is 4.12. The van der Waals surface area contributed by atoms with Gasteiger partial charge in [-0.15, -0.1) is 0 Å². The van der Waals surface area contributed by atoms with Gasteiger partial charge in [-0.05, 0) is 48.9 Å². The van der Waals surface area contributed by atoms with Crippen LogP contribution in [0.1, 0.15) is 51.5 Å². The molecule has 0 amide bonds. The molecule has 1 unspecified atom stereocenters. The van der Waals surface area contributed by atoms with Crippen molar-refractivity contribution >= 4 is 10.0 Å². The summed E-state index contributed by atoms with van der Waals surface area (Å²) in [5, 5.41) is 0. The Bertz CT molecular complexity index is 862. The third-order valence-corrected chi connectivity index (χ3v) is 7.10. The minimum absolute atomic E-state index is 0.0222. The summed E-state index contributed by atoms with van der Waals surface area (Å²) < 4.78 is 40.3. The van der Waals surface area contributed by atoms with Crippen molar-refractivity contribution in [2.75, 3.05) is 13.3 Å². The van der Waals surface area contributed by atoms with E-state index in [1.807, 2.05) is 30.3 Å². The summed E-state index contributed by atoms with van der Waals surface area (Å²) in [5.74, 6) is 0.728. The Hall–Kier alpha value is -1.67. The second kappa shape index (κ2) is 9.00. The van der Waals surface area contributed by atoms with E-state index >= 15 is 0 Å². The van der Waals surface area contributed by atoms with Crippen LogP contribution in [0, 0.1) is 5.41 Å². The first kappa shape index (κ1) is 22.0. The topological polar surface area (TPSA) is 90.7 Å². The molecule has 2 aliphatic rings. The van der Waals surface area contributed by atoms with Crippen molar-refractivity contribution in [3.8, 4) is 0 Å². The highest BCUT2D eigenvalue weighted by Gasteiger charge is 2.48. The Morgan fingerprint density at radius 2 is 1.93 bits per heavy atom. The molecule has 1 saturated heterocycles. The number of allylic oxidation sites excluding steroid dienone is 2. The van der Waals surface area contributed by atoms with E-state index in [4.69, 9.17) is 15.2 Å². The van der Waals surface area contributed by atoms with Crippen molar-refractivity contribution in [1.82, 2.24) is 4.72 Å². The van der Waals surface area contributed by atoms with Crippen LogP contribution in [0.2, 0.25) is 0 Å². The van der Waals surface area contributed by atoms with Gasteiger partial charge < -0.3 is 15.2 Å². The van der Waals surface area contributed by atoms with Gasteiger partial charge in [-0.3, -0.25) is 0 Å². The number of benzene rings is 1. The molecular weight excluding hydrogens is 388 g/mol. The van der Waals surface area contributed by atoms with Crippen LogP contribution in [0.25, 0.3) is 0 Å². The molecule has 1 fully saturated rings. The fourth-order valence-corrected chi connectivity index (χ4v) is 5.33. The van der Waals surface area contributed by atoms with Gasteiger partial charge in [0.2, 0.25) is 10.0 Å². The first-order valence-electron chi connectivity index (χ1n) is 10.2. The number of hydrogen-bond donors (Lipinski definition) is 2. The zero-order valence-corrected chi connectivity index (χ0v) is 18.1.